The summed E-state index contributed by atoms with van der Waals surface area (Å²) in [5, 5.41) is 2.80. The summed E-state index contributed by atoms with van der Waals surface area (Å²) < 4.78 is 0.931. The molecule has 0 radical (unpaired) electrons. The van der Waals surface area contributed by atoms with Crippen molar-refractivity contribution in [1.29, 1.82) is 0 Å². The van der Waals surface area contributed by atoms with Gasteiger partial charge in [-0.15, -0.1) is 12.4 Å². The van der Waals surface area contributed by atoms with E-state index in [9.17, 15) is 4.79 Å². The molecule has 2 rings (SSSR count). The number of aromatic nitrogens is 1. The first-order valence-corrected chi connectivity index (χ1v) is 5.52. The van der Waals surface area contributed by atoms with Crippen molar-refractivity contribution in [2.24, 2.45) is 0 Å². The lowest BCUT2D eigenvalue weighted by atomic mass is 10.2. The third-order valence-electron chi connectivity index (χ3n) is 2.02. The van der Waals surface area contributed by atoms with Gasteiger partial charge in [-0.05, 0) is 30.3 Å². The molecule has 3 nitrogen and oxygen atoms in total. The van der Waals surface area contributed by atoms with Crippen molar-refractivity contribution in [1.82, 2.24) is 4.98 Å². The number of hydrogen-bond acceptors (Lipinski definition) is 2. The molecular weight excluding hydrogens is 304 g/mol. The molecule has 2 aromatic rings. The van der Waals surface area contributed by atoms with E-state index in [0.717, 1.165) is 10.2 Å². The number of nitrogens with one attached hydrogen (secondary N) is 1. The average molecular weight is 314 g/mol. The number of pyridine rings is 1. The predicted molar refractivity (Wildman–Crippen MR) is 73.6 cm³/mol. The van der Waals surface area contributed by atoms with Crippen molar-refractivity contribution < 1.29 is 4.79 Å². The zero-order valence-electron chi connectivity index (χ0n) is 8.76. The molecule has 88 valence electrons. The third kappa shape index (κ3) is 3.84. The molecular formula is C12H10BrClN2O. The molecule has 0 fully saturated rings. The zero-order valence-corrected chi connectivity index (χ0v) is 11.2. The number of rotatable bonds is 2. The average Bonchev–Trinajstić information content (AvgIpc) is 2.30. The maximum Gasteiger partial charge on any atom is 0.255 e. The highest BCUT2D eigenvalue weighted by molar-refractivity contribution is 9.10. The van der Waals surface area contributed by atoms with Crippen LogP contribution in [0.15, 0.2) is 53.3 Å². The molecule has 0 unspecified atom stereocenters. The fourth-order valence-electron chi connectivity index (χ4n) is 1.27. The van der Waals surface area contributed by atoms with E-state index in [-0.39, 0.29) is 18.3 Å². The number of nitrogens with zero attached hydrogens (tertiary/aromatic N) is 1. The van der Waals surface area contributed by atoms with Crippen LogP contribution in [0.5, 0.6) is 0 Å². The normalized spacial score (nSPS) is 9.24. The Hall–Kier alpha value is -1.39. The van der Waals surface area contributed by atoms with Gasteiger partial charge < -0.3 is 5.32 Å². The number of halogens is 2. The summed E-state index contributed by atoms with van der Waals surface area (Å²) in [6, 6.07) is 10.8. The molecule has 0 atom stereocenters. The van der Waals surface area contributed by atoms with Gasteiger partial charge in [-0.1, -0.05) is 22.0 Å². The van der Waals surface area contributed by atoms with Crippen LogP contribution >= 0.6 is 28.3 Å². The summed E-state index contributed by atoms with van der Waals surface area (Å²) in [5.41, 5.74) is 1.35. The summed E-state index contributed by atoms with van der Waals surface area (Å²) in [6.07, 6.45) is 3.19. The quantitative estimate of drug-likeness (QED) is 0.921. The number of benzene rings is 1. The van der Waals surface area contributed by atoms with Gasteiger partial charge in [0, 0.05) is 28.1 Å². The number of anilines is 1. The standard InChI is InChI=1S/C12H9BrN2O.ClH/c13-10-2-1-3-11(8-10)15-12(16)9-4-6-14-7-5-9;/h1-8H,(H,15,16);1H. The molecule has 0 saturated heterocycles. The molecule has 17 heavy (non-hydrogen) atoms. The summed E-state index contributed by atoms with van der Waals surface area (Å²) in [6.45, 7) is 0. The Balaban J connectivity index is 0.00000144. The van der Waals surface area contributed by atoms with E-state index in [1.54, 1.807) is 24.5 Å². The molecule has 1 heterocycles. The second kappa shape index (κ2) is 6.37. The van der Waals surface area contributed by atoms with Crippen molar-refractivity contribution in [3.63, 3.8) is 0 Å². The van der Waals surface area contributed by atoms with Crippen LogP contribution in [0.2, 0.25) is 0 Å². The Labute approximate surface area is 114 Å². The van der Waals surface area contributed by atoms with E-state index in [0.29, 0.717) is 5.56 Å². The lowest BCUT2D eigenvalue weighted by Crippen LogP contribution is -2.11. The van der Waals surface area contributed by atoms with E-state index >= 15 is 0 Å². The molecule has 0 aliphatic rings. The van der Waals surface area contributed by atoms with Crippen LogP contribution in [0.4, 0.5) is 5.69 Å². The Bertz CT molecular complexity index is 505. The van der Waals surface area contributed by atoms with Crippen LogP contribution in [0, 0.1) is 0 Å². The van der Waals surface area contributed by atoms with Gasteiger partial charge in [0.05, 0.1) is 0 Å². The number of carbonyl (C=O) groups is 1. The smallest absolute Gasteiger partial charge is 0.255 e. The first kappa shape index (κ1) is 13.7. The van der Waals surface area contributed by atoms with Gasteiger partial charge in [0.25, 0.3) is 5.91 Å². The van der Waals surface area contributed by atoms with Gasteiger partial charge in [-0.2, -0.15) is 0 Å². The van der Waals surface area contributed by atoms with Gasteiger partial charge in [0.1, 0.15) is 0 Å². The van der Waals surface area contributed by atoms with Crippen molar-refractivity contribution in [3.05, 3.63) is 58.8 Å². The van der Waals surface area contributed by atoms with Crippen LogP contribution in [0.3, 0.4) is 0 Å². The van der Waals surface area contributed by atoms with Gasteiger partial charge in [0.15, 0.2) is 0 Å². The Morgan fingerprint density at radius 3 is 2.53 bits per heavy atom. The third-order valence-corrected chi connectivity index (χ3v) is 2.52. The number of amides is 1. The highest BCUT2D eigenvalue weighted by Crippen LogP contribution is 2.16. The number of carbonyl (C=O) groups excluding carboxylic acids is 1. The van der Waals surface area contributed by atoms with Crippen LogP contribution in [0.1, 0.15) is 10.4 Å². The second-order valence-electron chi connectivity index (χ2n) is 3.20. The number of hydrogen-bond donors (Lipinski definition) is 1. The molecule has 1 N–H and O–H groups in total. The van der Waals surface area contributed by atoms with Crippen LogP contribution in [-0.4, -0.2) is 10.9 Å². The lowest BCUT2D eigenvalue weighted by Gasteiger charge is -2.04. The highest BCUT2D eigenvalue weighted by Gasteiger charge is 2.04. The van der Waals surface area contributed by atoms with Gasteiger partial charge >= 0.3 is 0 Å². The molecule has 1 aromatic carbocycles. The first-order valence-electron chi connectivity index (χ1n) is 4.72. The fourth-order valence-corrected chi connectivity index (χ4v) is 1.67. The molecule has 0 aliphatic heterocycles. The van der Waals surface area contributed by atoms with Crippen LogP contribution < -0.4 is 5.32 Å². The predicted octanol–water partition coefficient (Wildman–Crippen LogP) is 3.52. The summed E-state index contributed by atoms with van der Waals surface area (Å²) in [5.74, 6) is -0.138. The highest BCUT2D eigenvalue weighted by atomic mass is 79.9. The van der Waals surface area contributed by atoms with Crippen molar-refractivity contribution in [3.8, 4) is 0 Å². The van der Waals surface area contributed by atoms with E-state index in [1.807, 2.05) is 24.3 Å². The van der Waals surface area contributed by atoms with Gasteiger partial charge in [-0.25, -0.2) is 0 Å². The Morgan fingerprint density at radius 2 is 1.88 bits per heavy atom. The Morgan fingerprint density at radius 1 is 1.18 bits per heavy atom. The monoisotopic (exact) mass is 312 g/mol. The SMILES string of the molecule is Cl.O=C(Nc1cccc(Br)c1)c1ccncc1. The molecule has 0 saturated carbocycles. The zero-order chi connectivity index (χ0) is 11.4. The van der Waals surface area contributed by atoms with E-state index in [4.69, 9.17) is 0 Å². The van der Waals surface area contributed by atoms with Gasteiger partial charge in [-0.3, -0.25) is 9.78 Å². The van der Waals surface area contributed by atoms with Crippen LogP contribution in [0.25, 0.3) is 0 Å². The molecule has 5 heteroatoms. The van der Waals surface area contributed by atoms with E-state index < -0.39 is 0 Å². The summed E-state index contributed by atoms with van der Waals surface area (Å²) in [4.78, 5) is 15.6. The molecule has 1 amide bonds. The molecule has 0 aliphatic carbocycles. The second-order valence-corrected chi connectivity index (χ2v) is 4.12. The topological polar surface area (TPSA) is 42.0 Å². The van der Waals surface area contributed by atoms with Crippen molar-refractivity contribution in [2.45, 2.75) is 0 Å². The summed E-state index contributed by atoms with van der Waals surface area (Å²) in [7, 11) is 0. The lowest BCUT2D eigenvalue weighted by molar-refractivity contribution is 0.102. The van der Waals surface area contributed by atoms with Crippen molar-refractivity contribution >= 4 is 39.9 Å². The first-order chi connectivity index (χ1) is 7.75. The fraction of sp³-hybridized carbons (Fsp3) is 0. The molecule has 1 aromatic heterocycles. The minimum Gasteiger partial charge on any atom is -0.322 e. The van der Waals surface area contributed by atoms with Crippen LogP contribution in [-0.2, 0) is 0 Å². The Kier molecular flexibility index (Phi) is 5.12. The van der Waals surface area contributed by atoms with E-state index in [1.165, 1.54) is 0 Å². The summed E-state index contributed by atoms with van der Waals surface area (Å²) >= 11 is 3.35. The largest absolute Gasteiger partial charge is 0.322 e. The minimum absolute atomic E-state index is 0. The van der Waals surface area contributed by atoms with Gasteiger partial charge in [0.2, 0.25) is 0 Å². The molecule has 0 spiro atoms. The maximum atomic E-state index is 11.8. The van der Waals surface area contributed by atoms with Crippen molar-refractivity contribution in [2.75, 3.05) is 5.32 Å². The maximum absolute atomic E-state index is 11.8. The minimum atomic E-state index is -0.138. The van der Waals surface area contributed by atoms with E-state index in [2.05, 4.69) is 26.2 Å². The molecule has 0 bridgehead atoms.